The minimum Gasteiger partial charge on any atom is -0.480 e. The number of likely N-dealkylation sites (N-methyl/N-ethyl adjacent to an activating group) is 1. The van der Waals surface area contributed by atoms with Crippen LogP contribution in [0.25, 0.3) is 0 Å². The molecule has 0 aliphatic heterocycles. The fraction of sp³-hybridized carbons (Fsp3) is 0.429. The zero-order valence-electron chi connectivity index (χ0n) is 12.1. The smallest absolute Gasteiger partial charge is 0.324 e. The Bertz CT molecular complexity index is 478. The lowest BCUT2D eigenvalue weighted by Crippen LogP contribution is -2.45. The number of carbonyl (C=O) groups is 2. The largest absolute Gasteiger partial charge is 0.480 e. The molecule has 0 radical (unpaired) electrons. The molecule has 0 saturated carbocycles. The van der Waals surface area contributed by atoms with Crippen molar-refractivity contribution in [2.75, 3.05) is 38.3 Å². The summed E-state index contributed by atoms with van der Waals surface area (Å²) in [6.45, 7) is 2.81. The van der Waals surface area contributed by atoms with E-state index in [2.05, 4.69) is 0 Å². The highest BCUT2D eigenvalue weighted by Crippen LogP contribution is 2.19. The van der Waals surface area contributed by atoms with E-state index in [4.69, 9.17) is 21.4 Å². The van der Waals surface area contributed by atoms with Crippen molar-refractivity contribution in [3.05, 3.63) is 29.3 Å². The van der Waals surface area contributed by atoms with Crippen molar-refractivity contribution in [3.63, 3.8) is 0 Å². The average molecular weight is 315 g/mol. The molecule has 0 bridgehead atoms. The number of nitrogens with zero attached hydrogens (tertiary/aromatic N) is 2. The summed E-state index contributed by atoms with van der Waals surface area (Å²) in [6.07, 6.45) is 0. The Morgan fingerprint density at radius 2 is 1.90 bits per heavy atom. The van der Waals surface area contributed by atoms with Crippen molar-refractivity contribution in [2.45, 2.75) is 6.92 Å². The van der Waals surface area contributed by atoms with Crippen molar-refractivity contribution in [3.8, 4) is 0 Å². The number of ether oxygens (including phenoxy) is 1. The molecule has 0 aliphatic rings. The lowest BCUT2D eigenvalue weighted by Gasteiger charge is -2.27. The summed E-state index contributed by atoms with van der Waals surface area (Å²) in [5, 5.41) is 9.50. The van der Waals surface area contributed by atoms with Crippen LogP contribution in [0.4, 0.5) is 10.5 Å². The summed E-state index contributed by atoms with van der Waals surface area (Å²) in [4.78, 5) is 25.9. The number of rotatable bonds is 7. The maximum atomic E-state index is 12.4. The lowest BCUT2D eigenvalue weighted by molar-refractivity contribution is -0.135. The van der Waals surface area contributed by atoms with Crippen molar-refractivity contribution >= 4 is 29.3 Å². The number of carbonyl (C=O) groups excluding carboxylic acids is 1. The monoisotopic (exact) mass is 314 g/mol. The van der Waals surface area contributed by atoms with Crippen LogP contribution in [0.5, 0.6) is 0 Å². The van der Waals surface area contributed by atoms with E-state index < -0.39 is 18.5 Å². The summed E-state index contributed by atoms with van der Waals surface area (Å²) in [5.41, 5.74) is 0.482. The molecular weight excluding hydrogens is 296 g/mol. The first kappa shape index (κ1) is 17.3. The summed E-state index contributed by atoms with van der Waals surface area (Å²) in [6, 6.07) is 6.04. The molecule has 0 heterocycles. The topological polar surface area (TPSA) is 70.1 Å². The van der Waals surface area contributed by atoms with Crippen LogP contribution in [-0.4, -0.2) is 55.4 Å². The van der Waals surface area contributed by atoms with Gasteiger partial charge in [-0.05, 0) is 31.2 Å². The molecule has 6 nitrogen and oxygen atoms in total. The van der Waals surface area contributed by atoms with Gasteiger partial charge in [0, 0.05) is 30.9 Å². The van der Waals surface area contributed by atoms with Gasteiger partial charge in [0.2, 0.25) is 0 Å². The SMILES string of the molecule is CCOCCN(C)C(=O)N(CC(=O)O)c1ccc(Cl)cc1. The molecule has 1 rings (SSSR count). The van der Waals surface area contributed by atoms with Crippen LogP contribution in [0.2, 0.25) is 5.02 Å². The van der Waals surface area contributed by atoms with E-state index in [1.807, 2.05) is 6.92 Å². The van der Waals surface area contributed by atoms with E-state index in [1.165, 1.54) is 9.80 Å². The maximum absolute atomic E-state index is 12.4. The first-order valence-electron chi connectivity index (χ1n) is 6.53. The highest BCUT2D eigenvalue weighted by Gasteiger charge is 2.22. The molecule has 1 N–H and O–H groups in total. The van der Waals surface area contributed by atoms with Crippen LogP contribution in [0.3, 0.4) is 0 Å². The number of carboxylic acids is 1. The fourth-order valence-electron chi connectivity index (χ4n) is 1.67. The number of halogens is 1. The second kappa shape index (κ2) is 8.49. The summed E-state index contributed by atoms with van der Waals surface area (Å²) in [5.74, 6) is -1.09. The minimum absolute atomic E-state index is 0.385. The zero-order chi connectivity index (χ0) is 15.8. The Kier molecular flexibility index (Phi) is 6.98. The van der Waals surface area contributed by atoms with Crippen molar-refractivity contribution in [2.24, 2.45) is 0 Å². The molecule has 0 spiro atoms. The molecule has 0 aromatic heterocycles. The van der Waals surface area contributed by atoms with Gasteiger partial charge in [-0.15, -0.1) is 0 Å². The molecule has 7 heteroatoms. The Morgan fingerprint density at radius 3 is 2.43 bits per heavy atom. The summed E-state index contributed by atoms with van der Waals surface area (Å²) >= 11 is 5.80. The maximum Gasteiger partial charge on any atom is 0.324 e. The van der Waals surface area contributed by atoms with Gasteiger partial charge in [-0.2, -0.15) is 0 Å². The van der Waals surface area contributed by atoms with E-state index in [-0.39, 0.29) is 0 Å². The molecule has 1 aromatic rings. The second-order valence-corrected chi connectivity index (χ2v) is 4.79. The Hall–Kier alpha value is -1.79. The molecule has 1 aromatic carbocycles. The number of benzene rings is 1. The molecule has 0 saturated heterocycles. The van der Waals surface area contributed by atoms with Crippen LogP contribution < -0.4 is 4.90 Å². The molecule has 0 unspecified atom stereocenters. The van der Waals surface area contributed by atoms with Crippen molar-refractivity contribution < 1.29 is 19.4 Å². The normalized spacial score (nSPS) is 10.2. The molecule has 0 fully saturated rings. The van der Waals surface area contributed by atoms with Gasteiger partial charge in [0.05, 0.1) is 6.61 Å². The number of hydrogen-bond acceptors (Lipinski definition) is 3. The second-order valence-electron chi connectivity index (χ2n) is 4.36. The van der Waals surface area contributed by atoms with Crippen molar-refractivity contribution in [1.29, 1.82) is 0 Å². The molecule has 0 atom stereocenters. The Balaban J connectivity index is 2.83. The average Bonchev–Trinajstić information content (AvgIpc) is 2.45. The van der Waals surface area contributed by atoms with Crippen LogP contribution >= 0.6 is 11.6 Å². The number of amides is 2. The summed E-state index contributed by atoms with van der Waals surface area (Å²) < 4.78 is 5.19. The fourth-order valence-corrected chi connectivity index (χ4v) is 1.80. The number of hydrogen-bond donors (Lipinski definition) is 1. The van der Waals surface area contributed by atoms with Crippen LogP contribution in [0.1, 0.15) is 6.92 Å². The van der Waals surface area contributed by atoms with E-state index in [0.29, 0.717) is 30.5 Å². The Morgan fingerprint density at radius 1 is 1.29 bits per heavy atom. The van der Waals surface area contributed by atoms with Gasteiger partial charge in [0.25, 0.3) is 0 Å². The number of urea groups is 1. The molecular formula is C14H19ClN2O4. The van der Waals surface area contributed by atoms with E-state index in [1.54, 1.807) is 31.3 Å². The number of carboxylic acid groups (broad SMARTS) is 1. The third-order valence-corrected chi connectivity index (χ3v) is 3.02. The standard InChI is InChI=1S/C14H19ClN2O4/c1-3-21-9-8-16(2)14(20)17(10-13(18)19)12-6-4-11(15)5-7-12/h4-7H,3,8-10H2,1-2H3,(H,18,19). The van der Waals surface area contributed by atoms with Crippen LogP contribution in [0, 0.1) is 0 Å². The first-order chi connectivity index (χ1) is 9.95. The van der Waals surface area contributed by atoms with Gasteiger partial charge in [0.15, 0.2) is 0 Å². The van der Waals surface area contributed by atoms with E-state index >= 15 is 0 Å². The first-order valence-corrected chi connectivity index (χ1v) is 6.91. The van der Waals surface area contributed by atoms with Gasteiger partial charge >= 0.3 is 12.0 Å². The highest BCUT2D eigenvalue weighted by atomic mass is 35.5. The van der Waals surface area contributed by atoms with E-state index in [0.717, 1.165) is 0 Å². The predicted molar refractivity (Wildman–Crippen MR) is 81.0 cm³/mol. The highest BCUT2D eigenvalue weighted by molar-refractivity contribution is 6.30. The minimum atomic E-state index is -1.09. The lowest BCUT2D eigenvalue weighted by atomic mass is 10.3. The molecule has 2 amide bonds. The molecule has 0 aliphatic carbocycles. The van der Waals surface area contributed by atoms with Gasteiger partial charge in [-0.3, -0.25) is 9.69 Å². The van der Waals surface area contributed by atoms with Crippen LogP contribution in [-0.2, 0) is 9.53 Å². The summed E-state index contributed by atoms with van der Waals surface area (Å²) in [7, 11) is 1.60. The molecule has 21 heavy (non-hydrogen) atoms. The number of aliphatic carboxylic acids is 1. The van der Waals surface area contributed by atoms with Gasteiger partial charge in [-0.1, -0.05) is 11.6 Å². The van der Waals surface area contributed by atoms with Gasteiger partial charge in [-0.25, -0.2) is 4.79 Å². The zero-order valence-corrected chi connectivity index (χ0v) is 12.8. The third kappa shape index (κ3) is 5.61. The van der Waals surface area contributed by atoms with Gasteiger partial charge in [0.1, 0.15) is 6.54 Å². The third-order valence-electron chi connectivity index (χ3n) is 2.76. The predicted octanol–water partition coefficient (Wildman–Crippen LogP) is 2.32. The van der Waals surface area contributed by atoms with Crippen molar-refractivity contribution in [1.82, 2.24) is 4.90 Å². The van der Waals surface area contributed by atoms with Gasteiger partial charge < -0.3 is 14.7 Å². The number of anilines is 1. The Labute approximate surface area is 128 Å². The van der Waals surface area contributed by atoms with Crippen LogP contribution in [0.15, 0.2) is 24.3 Å². The quantitative estimate of drug-likeness (QED) is 0.784. The molecule has 116 valence electrons. The van der Waals surface area contributed by atoms with E-state index in [9.17, 15) is 9.59 Å².